The van der Waals surface area contributed by atoms with Gasteiger partial charge in [0.15, 0.2) is 5.82 Å². The molecule has 0 aliphatic carbocycles. The Bertz CT molecular complexity index is 474. The van der Waals surface area contributed by atoms with E-state index in [0.29, 0.717) is 23.1 Å². The molecule has 6 heteroatoms. The van der Waals surface area contributed by atoms with Gasteiger partial charge < -0.3 is 10.5 Å². The van der Waals surface area contributed by atoms with Crippen molar-refractivity contribution in [2.24, 2.45) is 0 Å². The van der Waals surface area contributed by atoms with Crippen LogP contribution in [0.5, 0.6) is 5.88 Å². The fraction of sp³-hybridized carbons (Fsp3) is 0.111. The number of nitrogen functional groups attached to an aromatic ring is 1. The zero-order valence-corrected chi connectivity index (χ0v) is 8.08. The topological polar surface area (TPSA) is 86.8 Å². The van der Waals surface area contributed by atoms with Crippen LogP contribution in [0.25, 0.3) is 11.4 Å². The molecular weight excluding hydrogens is 194 g/mol. The average molecular weight is 203 g/mol. The fourth-order valence-electron chi connectivity index (χ4n) is 1.14. The number of anilines is 1. The number of nitrogens with two attached hydrogens (primary N) is 1. The first-order valence-corrected chi connectivity index (χ1v) is 4.24. The zero-order valence-electron chi connectivity index (χ0n) is 8.08. The zero-order chi connectivity index (χ0) is 10.7. The first kappa shape index (κ1) is 9.32. The van der Waals surface area contributed by atoms with Crippen molar-refractivity contribution in [2.75, 3.05) is 12.8 Å². The van der Waals surface area contributed by atoms with Crippen LogP contribution >= 0.6 is 0 Å². The van der Waals surface area contributed by atoms with E-state index in [-0.39, 0.29) is 0 Å². The molecule has 0 atom stereocenters. The van der Waals surface area contributed by atoms with Crippen LogP contribution < -0.4 is 10.5 Å². The van der Waals surface area contributed by atoms with Crippen LogP contribution in [0.3, 0.4) is 0 Å². The maximum atomic E-state index is 5.55. The number of hydrogen-bond acceptors (Lipinski definition) is 6. The third-order valence-corrected chi connectivity index (χ3v) is 1.79. The molecule has 0 bridgehead atoms. The summed E-state index contributed by atoms with van der Waals surface area (Å²) < 4.78 is 5.07. The van der Waals surface area contributed by atoms with Crippen LogP contribution in [-0.2, 0) is 0 Å². The van der Waals surface area contributed by atoms with Crippen molar-refractivity contribution >= 4 is 5.82 Å². The highest BCUT2D eigenvalue weighted by atomic mass is 16.5. The summed E-state index contributed by atoms with van der Waals surface area (Å²) in [6.07, 6.45) is 4.55. The Balaban J connectivity index is 2.53. The summed E-state index contributed by atoms with van der Waals surface area (Å²) in [5.74, 6) is 1.27. The second-order valence-corrected chi connectivity index (χ2v) is 2.75. The summed E-state index contributed by atoms with van der Waals surface area (Å²) in [6, 6.07) is 1.61. The Morgan fingerprint density at radius 1 is 1.33 bits per heavy atom. The van der Waals surface area contributed by atoms with E-state index in [1.165, 1.54) is 13.4 Å². The quantitative estimate of drug-likeness (QED) is 0.765. The van der Waals surface area contributed by atoms with E-state index < -0.39 is 0 Å². The highest BCUT2D eigenvalue weighted by Gasteiger charge is 2.09. The third-order valence-electron chi connectivity index (χ3n) is 1.79. The summed E-state index contributed by atoms with van der Waals surface area (Å²) in [7, 11) is 1.53. The largest absolute Gasteiger partial charge is 0.480 e. The van der Waals surface area contributed by atoms with Crippen molar-refractivity contribution in [1.29, 1.82) is 0 Å². The minimum absolute atomic E-state index is 0.394. The first-order valence-electron chi connectivity index (χ1n) is 4.24. The summed E-state index contributed by atoms with van der Waals surface area (Å²) in [6.45, 7) is 0. The van der Waals surface area contributed by atoms with E-state index in [1.807, 2.05) is 0 Å². The van der Waals surface area contributed by atoms with Crippen LogP contribution in [0.2, 0.25) is 0 Å². The van der Waals surface area contributed by atoms with Gasteiger partial charge in [0.2, 0.25) is 5.88 Å². The molecule has 0 aliphatic rings. The predicted octanol–water partition coefficient (Wildman–Crippen LogP) is 0.524. The molecule has 76 valence electrons. The van der Waals surface area contributed by atoms with Gasteiger partial charge in [0, 0.05) is 12.4 Å². The van der Waals surface area contributed by atoms with Gasteiger partial charge >= 0.3 is 0 Å². The van der Waals surface area contributed by atoms with Crippen LogP contribution in [0, 0.1) is 0 Å². The molecule has 2 rings (SSSR count). The van der Waals surface area contributed by atoms with Crippen molar-refractivity contribution in [3.63, 3.8) is 0 Å². The van der Waals surface area contributed by atoms with Crippen molar-refractivity contribution in [3.05, 3.63) is 24.8 Å². The van der Waals surface area contributed by atoms with E-state index in [1.54, 1.807) is 18.5 Å². The molecule has 0 aromatic carbocycles. The molecule has 2 aromatic heterocycles. The maximum absolute atomic E-state index is 5.55. The van der Waals surface area contributed by atoms with Crippen LogP contribution in [-0.4, -0.2) is 27.0 Å². The Labute approximate surface area is 86.2 Å². The lowest BCUT2D eigenvalue weighted by Crippen LogP contribution is -1.98. The Kier molecular flexibility index (Phi) is 2.40. The van der Waals surface area contributed by atoms with E-state index in [0.717, 1.165) is 0 Å². The average Bonchev–Trinajstić information content (AvgIpc) is 2.29. The third kappa shape index (κ3) is 1.83. The molecule has 0 amide bonds. The number of aromatic nitrogens is 4. The van der Waals surface area contributed by atoms with Gasteiger partial charge in [0.1, 0.15) is 12.1 Å². The minimum Gasteiger partial charge on any atom is -0.480 e. The molecule has 0 aliphatic heterocycles. The van der Waals surface area contributed by atoms with E-state index >= 15 is 0 Å². The molecule has 0 fully saturated rings. The Morgan fingerprint density at radius 3 is 2.93 bits per heavy atom. The standard InChI is InChI=1S/C9H9N5O/c1-15-9-6(4-11-5-13-9)8-12-3-2-7(10)14-8/h2-5H,1H3,(H2,10,12,14). The highest BCUT2D eigenvalue weighted by Crippen LogP contribution is 2.23. The summed E-state index contributed by atoms with van der Waals surface area (Å²) >= 11 is 0. The number of nitrogens with zero attached hydrogens (tertiary/aromatic N) is 4. The molecule has 0 spiro atoms. The van der Waals surface area contributed by atoms with Gasteiger partial charge in [-0.3, -0.25) is 0 Å². The molecule has 15 heavy (non-hydrogen) atoms. The summed E-state index contributed by atoms with van der Waals surface area (Å²) in [4.78, 5) is 16.0. The van der Waals surface area contributed by atoms with Crippen molar-refractivity contribution in [3.8, 4) is 17.3 Å². The molecule has 2 heterocycles. The van der Waals surface area contributed by atoms with Crippen LogP contribution in [0.15, 0.2) is 24.8 Å². The normalized spacial score (nSPS) is 9.93. The lowest BCUT2D eigenvalue weighted by atomic mass is 10.3. The summed E-state index contributed by atoms with van der Waals surface area (Å²) in [5, 5.41) is 0. The lowest BCUT2D eigenvalue weighted by Gasteiger charge is -2.04. The minimum atomic E-state index is 0.394. The first-order chi connectivity index (χ1) is 7.31. The van der Waals surface area contributed by atoms with Crippen LogP contribution in [0.4, 0.5) is 5.82 Å². The van der Waals surface area contributed by atoms with E-state index in [4.69, 9.17) is 10.5 Å². The molecule has 6 nitrogen and oxygen atoms in total. The van der Waals surface area contributed by atoms with Gasteiger partial charge in [-0.2, -0.15) is 0 Å². The molecule has 0 saturated heterocycles. The Hall–Kier alpha value is -2.24. The number of ether oxygens (including phenoxy) is 1. The van der Waals surface area contributed by atoms with Gasteiger partial charge in [-0.05, 0) is 6.07 Å². The van der Waals surface area contributed by atoms with Gasteiger partial charge in [-0.25, -0.2) is 19.9 Å². The van der Waals surface area contributed by atoms with Crippen molar-refractivity contribution < 1.29 is 4.74 Å². The fourth-order valence-corrected chi connectivity index (χ4v) is 1.14. The van der Waals surface area contributed by atoms with E-state index in [9.17, 15) is 0 Å². The number of hydrogen-bond donors (Lipinski definition) is 1. The van der Waals surface area contributed by atoms with Crippen molar-refractivity contribution in [2.45, 2.75) is 0 Å². The lowest BCUT2D eigenvalue weighted by molar-refractivity contribution is 0.398. The molecular formula is C9H9N5O. The monoisotopic (exact) mass is 203 g/mol. The SMILES string of the molecule is COc1ncncc1-c1nccc(N)n1. The summed E-state index contributed by atoms with van der Waals surface area (Å²) in [5.41, 5.74) is 6.17. The number of rotatable bonds is 2. The van der Waals surface area contributed by atoms with Crippen molar-refractivity contribution in [1.82, 2.24) is 19.9 Å². The van der Waals surface area contributed by atoms with Gasteiger partial charge in [-0.15, -0.1) is 0 Å². The molecule has 2 N–H and O–H groups in total. The second-order valence-electron chi connectivity index (χ2n) is 2.75. The van der Waals surface area contributed by atoms with Gasteiger partial charge in [-0.1, -0.05) is 0 Å². The van der Waals surface area contributed by atoms with E-state index in [2.05, 4.69) is 19.9 Å². The molecule has 2 aromatic rings. The van der Waals surface area contributed by atoms with Gasteiger partial charge in [0.05, 0.1) is 12.7 Å². The highest BCUT2D eigenvalue weighted by molar-refractivity contribution is 5.60. The van der Waals surface area contributed by atoms with Gasteiger partial charge in [0.25, 0.3) is 0 Å². The maximum Gasteiger partial charge on any atom is 0.227 e. The molecule has 0 radical (unpaired) electrons. The predicted molar refractivity (Wildman–Crippen MR) is 54.0 cm³/mol. The second kappa shape index (κ2) is 3.87. The smallest absolute Gasteiger partial charge is 0.227 e. The Morgan fingerprint density at radius 2 is 2.20 bits per heavy atom. The molecule has 0 saturated carbocycles. The number of methoxy groups -OCH3 is 1. The molecule has 0 unspecified atom stereocenters. The van der Waals surface area contributed by atoms with Crippen LogP contribution in [0.1, 0.15) is 0 Å².